The molecule has 2 nitrogen and oxygen atoms in total. The van der Waals surface area contributed by atoms with Crippen LogP contribution in [0, 0.1) is 18.3 Å². The quantitative estimate of drug-likeness (QED) is 0.876. The summed E-state index contributed by atoms with van der Waals surface area (Å²) in [5.41, 5.74) is 3.13. The predicted molar refractivity (Wildman–Crippen MR) is 78.7 cm³/mol. The van der Waals surface area contributed by atoms with Gasteiger partial charge < -0.3 is 10.1 Å². The van der Waals surface area contributed by atoms with Gasteiger partial charge in [-0.05, 0) is 56.2 Å². The SMILES string of the molecule is CNCC(C)(CC1Cc2cc(C)ccc2O1)C1CC1. The van der Waals surface area contributed by atoms with E-state index in [0.29, 0.717) is 11.5 Å². The first kappa shape index (κ1) is 13.0. The number of rotatable bonds is 5. The Morgan fingerprint density at radius 3 is 2.84 bits per heavy atom. The molecule has 3 rings (SSSR count). The molecule has 0 amide bonds. The molecule has 104 valence electrons. The third kappa shape index (κ3) is 2.64. The lowest BCUT2D eigenvalue weighted by Crippen LogP contribution is -2.36. The number of ether oxygens (including phenoxy) is 1. The number of hydrogen-bond donors (Lipinski definition) is 1. The molecule has 1 fully saturated rings. The highest BCUT2D eigenvalue weighted by atomic mass is 16.5. The highest BCUT2D eigenvalue weighted by Crippen LogP contribution is 2.49. The Kier molecular flexibility index (Phi) is 3.30. The monoisotopic (exact) mass is 259 g/mol. The van der Waals surface area contributed by atoms with Crippen LogP contribution in [-0.4, -0.2) is 19.7 Å². The minimum absolute atomic E-state index is 0.371. The molecular formula is C17H25NO. The molecule has 0 spiro atoms. The van der Waals surface area contributed by atoms with E-state index in [4.69, 9.17) is 4.74 Å². The summed E-state index contributed by atoms with van der Waals surface area (Å²) in [6.45, 7) is 5.69. The lowest BCUT2D eigenvalue weighted by molar-refractivity contribution is 0.128. The van der Waals surface area contributed by atoms with Gasteiger partial charge in [0, 0.05) is 13.0 Å². The van der Waals surface area contributed by atoms with Crippen molar-refractivity contribution in [1.29, 1.82) is 0 Å². The second-order valence-corrected chi connectivity index (χ2v) is 6.72. The Morgan fingerprint density at radius 1 is 1.37 bits per heavy atom. The van der Waals surface area contributed by atoms with Crippen molar-refractivity contribution in [3.8, 4) is 5.75 Å². The number of benzene rings is 1. The van der Waals surface area contributed by atoms with Crippen LogP contribution in [-0.2, 0) is 6.42 Å². The van der Waals surface area contributed by atoms with Gasteiger partial charge in [0.1, 0.15) is 11.9 Å². The van der Waals surface area contributed by atoms with E-state index in [0.717, 1.165) is 24.6 Å². The zero-order valence-corrected chi connectivity index (χ0v) is 12.3. The standard InChI is InChI=1S/C17H25NO/c1-12-4-7-16-13(8-12)9-15(19-16)10-17(2,11-18-3)14-5-6-14/h4,7-8,14-15,18H,5-6,9-11H2,1-3H3. The molecule has 0 radical (unpaired) electrons. The predicted octanol–water partition coefficient (Wildman–Crippen LogP) is 3.32. The van der Waals surface area contributed by atoms with Gasteiger partial charge in [0.25, 0.3) is 0 Å². The fourth-order valence-corrected chi connectivity index (χ4v) is 3.65. The average molecular weight is 259 g/mol. The molecule has 1 aliphatic carbocycles. The molecule has 1 aromatic rings. The molecule has 2 aliphatic rings. The molecule has 19 heavy (non-hydrogen) atoms. The lowest BCUT2D eigenvalue weighted by Gasteiger charge is -2.32. The van der Waals surface area contributed by atoms with Crippen LogP contribution in [0.15, 0.2) is 18.2 Å². The van der Waals surface area contributed by atoms with E-state index in [2.05, 4.69) is 44.4 Å². The summed E-state index contributed by atoms with van der Waals surface area (Å²) >= 11 is 0. The van der Waals surface area contributed by atoms with Crippen molar-refractivity contribution >= 4 is 0 Å². The van der Waals surface area contributed by atoms with E-state index in [1.54, 1.807) is 0 Å². The molecule has 1 heterocycles. The van der Waals surface area contributed by atoms with Crippen LogP contribution in [0.25, 0.3) is 0 Å². The van der Waals surface area contributed by atoms with Crippen molar-refractivity contribution in [2.24, 2.45) is 11.3 Å². The molecule has 0 saturated heterocycles. The van der Waals surface area contributed by atoms with Crippen LogP contribution < -0.4 is 10.1 Å². The fraction of sp³-hybridized carbons (Fsp3) is 0.647. The van der Waals surface area contributed by atoms with Gasteiger partial charge >= 0.3 is 0 Å². The van der Waals surface area contributed by atoms with Gasteiger partial charge in [0.2, 0.25) is 0 Å². The third-order valence-electron chi connectivity index (χ3n) is 4.79. The Hall–Kier alpha value is -1.02. The van der Waals surface area contributed by atoms with Crippen molar-refractivity contribution in [3.05, 3.63) is 29.3 Å². The Morgan fingerprint density at radius 2 is 2.16 bits per heavy atom. The summed E-state index contributed by atoms with van der Waals surface area (Å²) in [4.78, 5) is 0. The summed E-state index contributed by atoms with van der Waals surface area (Å²) in [5, 5.41) is 3.38. The Balaban J connectivity index is 1.69. The molecule has 0 aromatic heterocycles. The van der Waals surface area contributed by atoms with Gasteiger partial charge in [-0.15, -0.1) is 0 Å². The highest BCUT2D eigenvalue weighted by Gasteiger charge is 2.43. The van der Waals surface area contributed by atoms with E-state index in [1.165, 1.54) is 30.4 Å². The molecule has 1 saturated carbocycles. The maximum absolute atomic E-state index is 6.15. The summed E-state index contributed by atoms with van der Waals surface area (Å²) in [6.07, 6.45) is 5.43. The summed E-state index contributed by atoms with van der Waals surface area (Å²) in [7, 11) is 2.06. The van der Waals surface area contributed by atoms with Crippen molar-refractivity contribution in [1.82, 2.24) is 5.32 Å². The van der Waals surface area contributed by atoms with Crippen LogP contribution >= 0.6 is 0 Å². The van der Waals surface area contributed by atoms with E-state index >= 15 is 0 Å². The van der Waals surface area contributed by atoms with Crippen molar-refractivity contribution in [2.45, 2.75) is 45.6 Å². The van der Waals surface area contributed by atoms with E-state index in [9.17, 15) is 0 Å². The maximum Gasteiger partial charge on any atom is 0.123 e. The van der Waals surface area contributed by atoms with E-state index in [1.807, 2.05) is 0 Å². The summed E-state index contributed by atoms with van der Waals surface area (Å²) in [6, 6.07) is 6.56. The van der Waals surface area contributed by atoms with Crippen LogP contribution in [0.4, 0.5) is 0 Å². The molecule has 0 bridgehead atoms. The molecule has 2 atom stereocenters. The highest BCUT2D eigenvalue weighted by molar-refractivity contribution is 5.40. The topological polar surface area (TPSA) is 21.3 Å². The van der Waals surface area contributed by atoms with Crippen LogP contribution in [0.2, 0.25) is 0 Å². The van der Waals surface area contributed by atoms with Crippen LogP contribution in [0.5, 0.6) is 5.75 Å². The molecule has 2 unspecified atom stereocenters. The first-order valence-corrected chi connectivity index (χ1v) is 7.51. The van der Waals surface area contributed by atoms with Crippen LogP contribution in [0.1, 0.15) is 37.3 Å². The van der Waals surface area contributed by atoms with Crippen molar-refractivity contribution in [2.75, 3.05) is 13.6 Å². The second kappa shape index (κ2) is 4.82. The lowest BCUT2D eigenvalue weighted by atomic mass is 9.78. The van der Waals surface area contributed by atoms with Gasteiger partial charge in [0.15, 0.2) is 0 Å². The largest absolute Gasteiger partial charge is 0.490 e. The smallest absolute Gasteiger partial charge is 0.123 e. The van der Waals surface area contributed by atoms with Gasteiger partial charge in [-0.2, -0.15) is 0 Å². The van der Waals surface area contributed by atoms with E-state index in [-0.39, 0.29) is 0 Å². The third-order valence-corrected chi connectivity index (χ3v) is 4.79. The van der Waals surface area contributed by atoms with Gasteiger partial charge in [-0.3, -0.25) is 0 Å². The fourth-order valence-electron chi connectivity index (χ4n) is 3.65. The minimum Gasteiger partial charge on any atom is -0.490 e. The first-order valence-electron chi connectivity index (χ1n) is 7.51. The summed E-state index contributed by atoms with van der Waals surface area (Å²) in [5.74, 6) is 2.01. The number of nitrogens with one attached hydrogen (secondary N) is 1. The van der Waals surface area contributed by atoms with Gasteiger partial charge in [0.05, 0.1) is 0 Å². The number of aryl methyl sites for hydroxylation is 1. The normalized spacial score (nSPS) is 24.7. The Labute approximate surface area is 116 Å². The number of hydrogen-bond acceptors (Lipinski definition) is 2. The van der Waals surface area contributed by atoms with Gasteiger partial charge in [-0.25, -0.2) is 0 Å². The van der Waals surface area contributed by atoms with Crippen molar-refractivity contribution in [3.63, 3.8) is 0 Å². The van der Waals surface area contributed by atoms with Crippen LogP contribution in [0.3, 0.4) is 0 Å². The first-order chi connectivity index (χ1) is 9.10. The molecule has 1 aliphatic heterocycles. The Bertz CT molecular complexity index is 466. The van der Waals surface area contributed by atoms with E-state index < -0.39 is 0 Å². The molecular weight excluding hydrogens is 234 g/mol. The summed E-state index contributed by atoms with van der Waals surface area (Å²) < 4.78 is 6.15. The molecule has 1 N–H and O–H groups in total. The van der Waals surface area contributed by atoms with Crippen molar-refractivity contribution < 1.29 is 4.74 Å². The van der Waals surface area contributed by atoms with Gasteiger partial charge in [-0.1, -0.05) is 24.6 Å². The zero-order chi connectivity index (χ0) is 13.5. The molecule has 1 aromatic carbocycles. The average Bonchev–Trinajstić information content (AvgIpc) is 3.12. The molecule has 2 heteroatoms. The zero-order valence-electron chi connectivity index (χ0n) is 12.3. The minimum atomic E-state index is 0.371. The maximum atomic E-state index is 6.15. The number of fused-ring (bicyclic) bond motifs is 1. The second-order valence-electron chi connectivity index (χ2n) is 6.72.